The number of cyclic esters (lactones) is 1. The summed E-state index contributed by atoms with van der Waals surface area (Å²) in [4.78, 5) is 14.8. The number of ether oxygens (including phenoxy) is 5. The molecule has 1 N–H and O–H groups in total. The first-order chi connectivity index (χ1) is 14.0. The van der Waals surface area contributed by atoms with Crippen LogP contribution in [0, 0.1) is 0 Å². The van der Waals surface area contributed by atoms with Crippen molar-refractivity contribution in [2.24, 2.45) is 0 Å². The standard InChI is InChI=1S/C21H21NO7/c1-22-7-6-10-8-13-19(28-9-27-13)20(26-3)14(10)16(22)18-11-4-5-12(25-2)17(23)15(11)21(24)29-18/h4-5,8,16,18,23H,6-7,9H2,1-3H3. The highest BCUT2D eigenvalue weighted by Gasteiger charge is 2.45. The Kier molecular flexibility index (Phi) is 3.99. The zero-order valence-electron chi connectivity index (χ0n) is 16.4. The minimum atomic E-state index is -0.604. The van der Waals surface area contributed by atoms with Crippen LogP contribution in [0.3, 0.4) is 0 Å². The molecule has 3 aliphatic heterocycles. The maximum Gasteiger partial charge on any atom is 0.343 e. The van der Waals surface area contributed by atoms with Crippen molar-refractivity contribution in [1.82, 2.24) is 4.90 Å². The van der Waals surface area contributed by atoms with Crippen molar-refractivity contribution in [1.29, 1.82) is 0 Å². The van der Waals surface area contributed by atoms with Crippen molar-refractivity contribution >= 4 is 5.97 Å². The Labute approximate surface area is 167 Å². The Hall–Kier alpha value is -3.13. The lowest BCUT2D eigenvalue weighted by atomic mass is 9.85. The van der Waals surface area contributed by atoms with Crippen molar-refractivity contribution in [2.45, 2.75) is 18.6 Å². The molecule has 2 aromatic carbocycles. The van der Waals surface area contributed by atoms with E-state index in [-0.39, 0.29) is 29.9 Å². The number of nitrogens with zero attached hydrogens (tertiary/aromatic N) is 1. The lowest BCUT2D eigenvalue weighted by Gasteiger charge is -2.38. The Balaban J connectivity index is 1.68. The Morgan fingerprint density at radius 2 is 2.03 bits per heavy atom. The summed E-state index contributed by atoms with van der Waals surface area (Å²) in [5.41, 5.74) is 2.75. The second-order valence-corrected chi connectivity index (χ2v) is 7.30. The van der Waals surface area contributed by atoms with Crippen molar-refractivity contribution in [3.05, 3.63) is 40.5 Å². The van der Waals surface area contributed by atoms with E-state index in [1.54, 1.807) is 19.2 Å². The van der Waals surface area contributed by atoms with Gasteiger partial charge in [0.25, 0.3) is 0 Å². The number of hydrogen-bond donors (Lipinski definition) is 1. The fourth-order valence-corrected chi connectivity index (χ4v) is 4.53. The monoisotopic (exact) mass is 399 g/mol. The van der Waals surface area contributed by atoms with Crippen LogP contribution in [0.5, 0.6) is 28.7 Å². The highest BCUT2D eigenvalue weighted by molar-refractivity contribution is 5.98. The second-order valence-electron chi connectivity index (χ2n) is 7.30. The van der Waals surface area contributed by atoms with Gasteiger partial charge in [0.1, 0.15) is 11.7 Å². The number of likely N-dealkylation sites (N-methyl/N-ethyl adjacent to an activating group) is 1. The summed E-state index contributed by atoms with van der Waals surface area (Å²) in [5.74, 6) is 1.28. The molecule has 2 unspecified atom stereocenters. The topological polar surface area (TPSA) is 86.7 Å². The Morgan fingerprint density at radius 3 is 2.79 bits per heavy atom. The molecule has 0 aromatic heterocycles. The van der Waals surface area contributed by atoms with Crippen molar-refractivity contribution in [3.63, 3.8) is 0 Å². The van der Waals surface area contributed by atoms with Gasteiger partial charge in [-0.15, -0.1) is 0 Å². The molecule has 0 bridgehead atoms. The molecule has 2 aromatic rings. The first kappa shape index (κ1) is 17.9. The van der Waals surface area contributed by atoms with Gasteiger partial charge in [-0.1, -0.05) is 6.07 Å². The third-order valence-electron chi connectivity index (χ3n) is 5.88. The zero-order valence-corrected chi connectivity index (χ0v) is 16.4. The summed E-state index contributed by atoms with van der Waals surface area (Å²) >= 11 is 0. The number of carbonyl (C=O) groups is 1. The lowest BCUT2D eigenvalue weighted by Crippen LogP contribution is -2.36. The predicted molar refractivity (Wildman–Crippen MR) is 101 cm³/mol. The molecule has 0 amide bonds. The zero-order chi connectivity index (χ0) is 20.3. The third-order valence-corrected chi connectivity index (χ3v) is 5.88. The SMILES string of the molecule is COc1ccc2c(c1O)C(=O)OC2C1c2c(cc3c(c2OC)OCO3)CCN1C. The van der Waals surface area contributed by atoms with Gasteiger partial charge >= 0.3 is 5.97 Å². The molecule has 8 nitrogen and oxygen atoms in total. The van der Waals surface area contributed by atoms with Gasteiger partial charge in [0.05, 0.1) is 20.3 Å². The smallest absolute Gasteiger partial charge is 0.343 e. The first-order valence-corrected chi connectivity index (χ1v) is 9.35. The summed E-state index contributed by atoms with van der Waals surface area (Å²) in [7, 11) is 5.01. The molecule has 0 saturated heterocycles. The predicted octanol–water partition coefficient (Wildman–Crippen LogP) is 2.58. The Bertz CT molecular complexity index is 1020. The van der Waals surface area contributed by atoms with Crippen LogP contribution in [0.15, 0.2) is 18.2 Å². The molecule has 0 aliphatic carbocycles. The molecule has 0 spiro atoms. The van der Waals surface area contributed by atoms with Gasteiger partial charge in [0.15, 0.2) is 23.0 Å². The number of phenolic OH excluding ortho intramolecular Hbond substituents is 1. The summed E-state index contributed by atoms with van der Waals surface area (Å²) in [5, 5.41) is 10.5. The molecule has 0 saturated carbocycles. The van der Waals surface area contributed by atoms with Crippen LogP contribution in [-0.2, 0) is 11.2 Å². The minimum Gasteiger partial charge on any atom is -0.504 e. The molecule has 8 heteroatoms. The maximum atomic E-state index is 12.6. The number of fused-ring (bicyclic) bond motifs is 3. The summed E-state index contributed by atoms with van der Waals surface area (Å²) in [6.45, 7) is 0.913. The average Bonchev–Trinajstić information content (AvgIpc) is 3.31. The van der Waals surface area contributed by atoms with E-state index in [1.807, 2.05) is 13.1 Å². The van der Waals surface area contributed by atoms with Crippen LogP contribution in [0.1, 0.15) is 39.2 Å². The van der Waals surface area contributed by atoms with E-state index in [0.29, 0.717) is 22.8 Å². The first-order valence-electron chi connectivity index (χ1n) is 9.35. The van der Waals surface area contributed by atoms with Crippen molar-refractivity contribution in [2.75, 3.05) is 34.6 Å². The van der Waals surface area contributed by atoms with Crippen LogP contribution in [0.2, 0.25) is 0 Å². The maximum absolute atomic E-state index is 12.6. The van der Waals surface area contributed by atoms with Gasteiger partial charge in [-0.2, -0.15) is 0 Å². The van der Waals surface area contributed by atoms with Gasteiger partial charge in [0.2, 0.25) is 12.5 Å². The van der Waals surface area contributed by atoms with Gasteiger partial charge in [-0.3, -0.25) is 4.90 Å². The lowest BCUT2D eigenvalue weighted by molar-refractivity contribution is 0.00875. The van der Waals surface area contributed by atoms with Crippen LogP contribution in [0.25, 0.3) is 0 Å². The number of benzene rings is 2. The fraction of sp³-hybridized carbons (Fsp3) is 0.381. The minimum absolute atomic E-state index is 0.143. The van der Waals surface area contributed by atoms with E-state index in [9.17, 15) is 9.90 Å². The second kappa shape index (κ2) is 6.45. The summed E-state index contributed by atoms with van der Waals surface area (Å²) in [6, 6.07) is 5.08. The largest absolute Gasteiger partial charge is 0.504 e. The number of methoxy groups -OCH3 is 2. The van der Waals surface area contributed by atoms with Gasteiger partial charge < -0.3 is 28.8 Å². The van der Waals surface area contributed by atoms with E-state index >= 15 is 0 Å². The summed E-state index contributed by atoms with van der Waals surface area (Å²) < 4.78 is 27.8. The number of carbonyl (C=O) groups excluding carboxylic acids is 1. The number of hydrogen-bond acceptors (Lipinski definition) is 8. The highest BCUT2D eigenvalue weighted by atomic mass is 16.7. The van der Waals surface area contributed by atoms with Crippen LogP contribution < -0.4 is 18.9 Å². The van der Waals surface area contributed by atoms with E-state index in [2.05, 4.69) is 4.90 Å². The molecule has 3 heterocycles. The number of rotatable bonds is 3. The molecular weight excluding hydrogens is 378 g/mol. The van der Waals surface area contributed by atoms with Gasteiger partial charge in [-0.25, -0.2) is 4.79 Å². The van der Waals surface area contributed by atoms with Crippen molar-refractivity contribution in [3.8, 4) is 28.7 Å². The van der Waals surface area contributed by atoms with E-state index in [1.165, 1.54) is 7.11 Å². The normalized spacial score (nSPS) is 22.1. The molecular formula is C21H21NO7. The highest BCUT2D eigenvalue weighted by Crippen LogP contribution is 2.55. The van der Waals surface area contributed by atoms with Gasteiger partial charge in [-0.05, 0) is 31.2 Å². The van der Waals surface area contributed by atoms with Gasteiger partial charge in [0, 0.05) is 17.7 Å². The molecule has 0 fully saturated rings. The quantitative estimate of drug-likeness (QED) is 0.789. The van der Waals surface area contributed by atoms with E-state index in [0.717, 1.165) is 24.1 Å². The summed E-state index contributed by atoms with van der Waals surface area (Å²) in [6.07, 6.45) is 0.198. The van der Waals surface area contributed by atoms with Crippen molar-refractivity contribution < 1.29 is 33.6 Å². The molecule has 0 radical (unpaired) electrons. The molecule has 29 heavy (non-hydrogen) atoms. The average molecular weight is 399 g/mol. The number of aromatic hydroxyl groups is 1. The van der Waals surface area contributed by atoms with Crippen LogP contribution in [0.4, 0.5) is 0 Å². The molecule has 5 rings (SSSR count). The number of phenols is 1. The van der Waals surface area contributed by atoms with Crippen LogP contribution >= 0.6 is 0 Å². The number of esters is 1. The fourth-order valence-electron chi connectivity index (χ4n) is 4.53. The van der Waals surface area contributed by atoms with E-state index in [4.69, 9.17) is 23.7 Å². The molecule has 3 aliphatic rings. The van der Waals surface area contributed by atoms with E-state index < -0.39 is 12.1 Å². The van der Waals surface area contributed by atoms with Crippen LogP contribution in [-0.4, -0.2) is 50.6 Å². The Morgan fingerprint density at radius 1 is 1.21 bits per heavy atom. The third kappa shape index (κ3) is 2.45. The molecule has 152 valence electrons. The molecule has 2 atom stereocenters.